The Bertz CT molecular complexity index is 1590. The van der Waals surface area contributed by atoms with Crippen LogP contribution in [0, 0.1) is 30.2 Å². The standard InChI is InChI=1S/C37H32F4O/c1-24-29(19-25-11-3-7-15-34(25)38)31(21-27-13-5-9-17-36(27)40)33(23-42-2)32(22-28-14-6-10-18-37(28)41)30(24)20-26-12-4-8-16-35(26)39/h3-18H,19-23H2,1-2H3. The number of rotatable bonds is 10. The number of hydrogen-bond acceptors (Lipinski definition) is 1. The molecule has 0 atom stereocenters. The van der Waals surface area contributed by atoms with Crippen molar-refractivity contribution in [2.24, 2.45) is 0 Å². The van der Waals surface area contributed by atoms with Crippen molar-refractivity contribution in [3.8, 4) is 0 Å². The molecule has 0 spiro atoms. The molecule has 5 rings (SSSR count). The van der Waals surface area contributed by atoms with E-state index < -0.39 is 0 Å². The Morgan fingerprint density at radius 2 is 0.714 bits per heavy atom. The van der Waals surface area contributed by atoms with Gasteiger partial charge in [-0.1, -0.05) is 72.8 Å². The van der Waals surface area contributed by atoms with Crippen LogP contribution < -0.4 is 0 Å². The van der Waals surface area contributed by atoms with Crippen LogP contribution >= 0.6 is 0 Å². The molecule has 5 heteroatoms. The lowest BCUT2D eigenvalue weighted by Crippen LogP contribution is -2.16. The second-order valence-corrected chi connectivity index (χ2v) is 10.5. The van der Waals surface area contributed by atoms with Gasteiger partial charge in [0.1, 0.15) is 23.3 Å². The first-order valence-electron chi connectivity index (χ1n) is 13.9. The molecule has 0 radical (unpaired) electrons. The van der Waals surface area contributed by atoms with Gasteiger partial charge in [0.15, 0.2) is 0 Å². The number of hydrogen-bond donors (Lipinski definition) is 0. The highest BCUT2D eigenvalue weighted by atomic mass is 19.1. The molecule has 5 aromatic carbocycles. The Kier molecular flexibility index (Phi) is 9.19. The lowest BCUT2D eigenvalue weighted by atomic mass is 9.79. The molecule has 0 aliphatic carbocycles. The van der Waals surface area contributed by atoms with Gasteiger partial charge >= 0.3 is 0 Å². The van der Waals surface area contributed by atoms with Gasteiger partial charge in [0.05, 0.1) is 6.61 Å². The largest absolute Gasteiger partial charge is 0.380 e. The molecule has 0 bridgehead atoms. The normalized spacial score (nSPS) is 11.2. The van der Waals surface area contributed by atoms with Crippen molar-refractivity contribution in [3.05, 3.63) is 176 Å². The van der Waals surface area contributed by atoms with Crippen LogP contribution in [-0.2, 0) is 37.0 Å². The van der Waals surface area contributed by atoms with E-state index in [2.05, 4.69) is 0 Å². The number of halogens is 4. The Morgan fingerprint density at radius 1 is 0.429 bits per heavy atom. The van der Waals surface area contributed by atoms with E-state index in [9.17, 15) is 0 Å². The molecule has 0 N–H and O–H groups in total. The fourth-order valence-corrected chi connectivity index (χ4v) is 5.73. The molecular formula is C37H32F4O. The summed E-state index contributed by atoms with van der Waals surface area (Å²) in [6.07, 6.45) is 0.979. The summed E-state index contributed by atoms with van der Waals surface area (Å²) in [4.78, 5) is 0. The van der Waals surface area contributed by atoms with Gasteiger partial charge in [-0.3, -0.25) is 0 Å². The van der Waals surface area contributed by atoms with Crippen LogP contribution in [0.1, 0.15) is 55.6 Å². The van der Waals surface area contributed by atoms with Gasteiger partial charge in [0, 0.05) is 32.8 Å². The van der Waals surface area contributed by atoms with E-state index >= 15 is 17.6 Å². The van der Waals surface area contributed by atoms with Gasteiger partial charge in [-0.15, -0.1) is 0 Å². The average Bonchev–Trinajstić information content (AvgIpc) is 2.98. The maximum absolute atomic E-state index is 15.0. The number of ether oxygens (including phenoxy) is 1. The molecule has 0 unspecified atom stereocenters. The molecule has 0 aliphatic heterocycles. The zero-order valence-corrected chi connectivity index (χ0v) is 23.7. The molecule has 0 heterocycles. The predicted molar refractivity (Wildman–Crippen MR) is 159 cm³/mol. The van der Waals surface area contributed by atoms with Crippen molar-refractivity contribution >= 4 is 0 Å². The second-order valence-electron chi connectivity index (χ2n) is 10.5. The SMILES string of the molecule is COCc1c(Cc2ccccc2F)c(Cc2ccccc2F)c(C)c(Cc2ccccc2F)c1Cc1ccccc1F. The van der Waals surface area contributed by atoms with Crippen molar-refractivity contribution in [2.45, 2.75) is 39.2 Å². The van der Waals surface area contributed by atoms with E-state index in [4.69, 9.17) is 4.74 Å². The monoisotopic (exact) mass is 568 g/mol. The summed E-state index contributed by atoms with van der Waals surface area (Å²) in [7, 11) is 1.58. The molecule has 0 fully saturated rings. The maximum Gasteiger partial charge on any atom is 0.126 e. The molecular weight excluding hydrogens is 536 g/mol. The third kappa shape index (κ3) is 6.32. The molecule has 214 valence electrons. The first-order valence-corrected chi connectivity index (χ1v) is 13.9. The van der Waals surface area contributed by atoms with Gasteiger partial charge in [0.25, 0.3) is 0 Å². The van der Waals surface area contributed by atoms with E-state index in [1.54, 1.807) is 79.9 Å². The van der Waals surface area contributed by atoms with Crippen molar-refractivity contribution in [3.63, 3.8) is 0 Å². The Labute approximate surface area is 244 Å². The smallest absolute Gasteiger partial charge is 0.126 e. The van der Waals surface area contributed by atoms with Crippen LogP contribution in [-0.4, -0.2) is 7.11 Å². The van der Waals surface area contributed by atoms with Crippen LogP contribution in [0.2, 0.25) is 0 Å². The minimum absolute atomic E-state index is 0.169. The van der Waals surface area contributed by atoms with E-state index in [1.165, 1.54) is 24.3 Å². The van der Waals surface area contributed by atoms with E-state index in [0.29, 0.717) is 22.3 Å². The Hall–Kier alpha value is -4.22. The van der Waals surface area contributed by atoms with Gasteiger partial charge in [-0.05, 0) is 86.8 Å². The van der Waals surface area contributed by atoms with Crippen LogP contribution in [0.25, 0.3) is 0 Å². The maximum atomic E-state index is 15.0. The molecule has 0 aromatic heterocycles. The van der Waals surface area contributed by atoms with Gasteiger partial charge in [0.2, 0.25) is 0 Å². The van der Waals surface area contributed by atoms with Crippen LogP contribution in [0.3, 0.4) is 0 Å². The second kappa shape index (κ2) is 13.2. The molecule has 0 saturated heterocycles. The zero-order chi connectivity index (χ0) is 29.6. The highest BCUT2D eigenvalue weighted by molar-refractivity contribution is 5.57. The highest BCUT2D eigenvalue weighted by Gasteiger charge is 2.25. The van der Waals surface area contributed by atoms with E-state index in [-0.39, 0.29) is 55.6 Å². The average molecular weight is 569 g/mol. The van der Waals surface area contributed by atoms with Crippen LogP contribution in [0.4, 0.5) is 17.6 Å². The summed E-state index contributed by atoms with van der Waals surface area (Å²) in [6.45, 7) is 2.11. The Morgan fingerprint density at radius 3 is 1.00 bits per heavy atom. The lowest BCUT2D eigenvalue weighted by Gasteiger charge is -2.27. The lowest BCUT2D eigenvalue weighted by molar-refractivity contribution is 0.183. The van der Waals surface area contributed by atoms with Gasteiger partial charge in [-0.25, -0.2) is 17.6 Å². The fraction of sp³-hybridized carbons (Fsp3) is 0.189. The first-order chi connectivity index (χ1) is 20.4. The molecule has 42 heavy (non-hydrogen) atoms. The van der Waals surface area contributed by atoms with Crippen molar-refractivity contribution in [1.82, 2.24) is 0 Å². The minimum Gasteiger partial charge on any atom is -0.380 e. The molecule has 5 aromatic rings. The van der Waals surface area contributed by atoms with Gasteiger partial charge < -0.3 is 4.74 Å². The quantitative estimate of drug-likeness (QED) is 0.153. The summed E-state index contributed by atoms with van der Waals surface area (Å²) in [5, 5.41) is 0. The van der Waals surface area contributed by atoms with Crippen molar-refractivity contribution in [2.75, 3.05) is 7.11 Å². The summed E-state index contributed by atoms with van der Waals surface area (Å²) in [5.74, 6) is -1.37. The Balaban J connectivity index is 1.81. The zero-order valence-electron chi connectivity index (χ0n) is 23.7. The minimum atomic E-state index is -0.346. The third-order valence-corrected chi connectivity index (χ3v) is 7.95. The molecule has 1 nitrogen and oxygen atoms in total. The van der Waals surface area contributed by atoms with E-state index in [0.717, 1.165) is 33.4 Å². The van der Waals surface area contributed by atoms with Crippen LogP contribution in [0.5, 0.6) is 0 Å². The molecule has 0 amide bonds. The molecule has 0 saturated carbocycles. The molecule has 0 aliphatic rings. The number of methoxy groups -OCH3 is 1. The summed E-state index contributed by atoms with van der Waals surface area (Å²) in [5.41, 5.74) is 6.89. The summed E-state index contributed by atoms with van der Waals surface area (Å²) >= 11 is 0. The highest BCUT2D eigenvalue weighted by Crippen LogP contribution is 2.36. The summed E-state index contributed by atoms with van der Waals surface area (Å²) in [6, 6.07) is 26.3. The van der Waals surface area contributed by atoms with Gasteiger partial charge in [-0.2, -0.15) is 0 Å². The van der Waals surface area contributed by atoms with Crippen molar-refractivity contribution in [1.29, 1.82) is 0 Å². The fourth-order valence-electron chi connectivity index (χ4n) is 5.73. The predicted octanol–water partition coefficient (Wildman–Crippen LogP) is 9.06. The first kappa shape index (κ1) is 29.3. The van der Waals surface area contributed by atoms with E-state index in [1.807, 2.05) is 6.92 Å². The van der Waals surface area contributed by atoms with Crippen molar-refractivity contribution < 1.29 is 22.3 Å². The summed E-state index contributed by atoms with van der Waals surface area (Å²) < 4.78 is 65.8. The topological polar surface area (TPSA) is 9.23 Å². The third-order valence-electron chi connectivity index (χ3n) is 7.95. The van der Waals surface area contributed by atoms with Crippen LogP contribution in [0.15, 0.2) is 97.1 Å². The number of benzene rings is 5.